The van der Waals surface area contributed by atoms with E-state index in [9.17, 15) is 9.59 Å². The number of likely N-dealkylation sites (tertiary alicyclic amines) is 2. The van der Waals surface area contributed by atoms with Gasteiger partial charge in [0.1, 0.15) is 0 Å². The zero-order chi connectivity index (χ0) is 20.1. The fourth-order valence-electron chi connectivity index (χ4n) is 4.66. The first-order chi connectivity index (χ1) is 14.2. The van der Waals surface area contributed by atoms with Crippen molar-refractivity contribution in [3.63, 3.8) is 0 Å². The number of carbonyl (C=O) groups is 2. The summed E-state index contributed by atoms with van der Waals surface area (Å²) in [4.78, 5) is 36.8. The quantitative estimate of drug-likeness (QED) is 0.788. The number of nitrogens with one attached hydrogen (secondary N) is 1. The number of urea groups is 1. The first kappa shape index (κ1) is 19.9. The van der Waals surface area contributed by atoms with Crippen molar-refractivity contribution in [1.29, 1.82) is 0 Å². The molecule has 1 aromatic rings. The minimum atomic E-state index is 0.0907. The van der Waals surface area contributed by atoms with Gasteiger partial charge in [0.2, 0.25) is 5.91 Å². The van der Waals surface area contributed by atoms with Crippen LogP contribution in [-0.2, 0) is 4.79 Å². The van der Waals surface area contributed by atoms with Crippen LogP contribution in [0.15, 0.2) is 18.5 Å². The Morgan fingerprint density at radius 3 is 2.55 bits per heavy atom. The minimum absolute atomic E-state index is 0.0907. The number of hydrogen-bond acceptors (Lipinski definition) is 5. The number of carbonyl (C=O) groups excluding carboxylic acids is 2. The molecule has 0 bridgehead atoms. The standard InChI is InChI=1S/C21H31N5O3/c27-19-12-17(15-29-20-22-8-3-9-23-20)14-26(19)13-16-6-10-25(11-7-16)21(28)24-18-4-1-2-5-18/h3,8-9,16-18H,1-2,4-7,10-15H2,(H,24,28). The molecule has 1 unspecified atom stereocenters. The third-order valence-corrected chi connectivity index (χ3v) is 6.35. The van der Waals surface area contributed by atoms with E-state index in [-0.39, 0.29) is 17.9 Å². The van der Waals surface area contributed by atoms with Gasteiger partial charge < -0.3 is 19.9 Å². The van der Waals surface area contributed by atoms with Gasteiger partial charge in [0.15, 0.2) is 0 Å². The second kappa shape index (κ2) is 9.41. The second-order valence-corrected chi connectivity index (χ2v) is 8.57. The summed E-state index contributed by atoms with van der Waals surface area (Å²) in [6.45, 7) is 3.54. The predicted molar refractivity (Wildman–Crippen MR) is 107 cm³/mol. The van der Waals surface area contributed by atoms with Gasteiger partial charge in [-0.05, 0) is 37.7 Å². The van der Waals surface area contributed by atoms with Gasteiger partial charge in [-0.3, -0.25) is 4.79 Å². The fourth-order valence-corrected chi connectivity index (χ4v) is 4.66. The number of hydrogen-bond donors (Lipinski definition) is 1. The van der Waals surface area contributed by atoms with Crippen LogP contribution in [0.2, 0.25) is 0 Å². The Morgan fingerprint density at radius 2 is 1.83 bits per heavy atom. The van der Waals surface area contributed by atoms with Crippen molar-refractivity contribution in [3.05, 3.63) is 18.5 Å². The summed E-state index contributed by atoms with van der Waals surface area (Å²) >= 11 is 0. The molecule has 158 valence electrons. The Kier molecular flexibility index (Phi) is 6.46. The van der Waals surface area contributed by atoms with Crippen molar-refractivity contribution in [3.8, 4) is 6.01 Å². The molecule has 2 aliphatic heterocycles. The molecule has 3 aliphatic rings. The largest absolute Gasteiger partial charge is 0.463 e. The molecule has 1 N–H and O–H groups in total. The number of ether oxygens (including phenoxy) is 1. The molecular formula is C21H31N5O3. The van der Waals surface area contributed by atoms with Crippen LogP contribution in [0.4, 0.5) is 4.79 Å². The smallest absolute Gasteiger partial charge is 0.317 e. The molecule has 1 aliphatic carbocycles. The van der Waals surface area contributed by atoms with E-state index >= 15 is 0 Å². The number of rotatable bonds is 6. The maximum absolute atomic E-state index is 12.4. The van der Waals surface area contributed by atoms with Gasteiger partial charge >= 0.3 is 12.0 Å². The summed E-state index contributed by atoms with van der Waals surface area (Å²) in [5, 5.41) is 3.18. The number of piperidine rings is 1. The van der Waals surface area contributed by atoms with Crippen LogP contribution in [0, 0.1) is 11.8 Å². The van der Waals surface area contributed by atoms with Crippen LogP contribution >= 0.6 is 0 Å². The lowest BCUT2D eigenvalue weighted by atomic mass is 9.96. The molecular weight excluding hydrogens is 370 g/mol. The van der Waals surface area contributed by atoms with Crippen LogP contribution in [0.5, 0.6) is 6.01 Å². The predicted octanol–water partition coefficient (Wildman–Crippen LogP) is 2.07. The van der Waals surface area contributed by atoms with Crippen LogP contribution in [0.25, 0.3) is 0 Å². The Labute approximate surface area is 172 Å². The first-order valence-electron chi connectivity index (χ1n) is 10.9. The molecule has 3 fully saturated rings. The molecule has 3 amide bonds. The Hall–Kier alpha value is -2.38. The third-order valence-electron chi connectivity index (χ3n) is 6.35. The fraction of sp³-hybridized carbons (Fsp3) is 0.714. The highest BCUT2D eigenvalue weighted by Crippen LogP contribution is 2.25. The van der Waals surface area contributed by atoms with Gasteiger partial charge in [0.05, 0.1) is 6.61 Å². The monoisotopic (exact) mass is 401 g/mol. The van der Waals surface area contributed by atoms with Crippen molar-refractivity contribution in [2.45, 2.75) is 51.0 Å². The topological polar surface area (TPSA) is 87.7 Å². The third kappa shape index (κ3) is 5.36. The summed E-state index contributed by atoms with van der Waals surface area (Å²) in [6, 6.07) is 2.56. The molecule has 8 nitrogen and oxygen atoms in total. The minimum Gasteiger partial charge on any atom is -0.463 e. The maximum Gasteiger partial charge on any atom is 0.317 e. The average Bonchev–Trinajstić information content (AvgIpc) is 3.37. The van der Waals surface area contributed by atoms with E-state index in [0.717, 1.165) is 51.9 Å². The molecule has 1 saturated carbocycles. The van der Waals surface area contributed by atoms with E-state index in [2.05, 4.69) is 15.3 Å². The molecule has 1 atom stereocenters. The highest BCUT2D eigenvalue weighted by Gasteiger charge is 2.33. The SMILES string of the molecule is O=C1CC(COc2ncccn2)CN1CC1CCN(C(=O)NC2CCCC2)CC1. The van der Waals surface area contributed by atoms with Crippen molar-refractivity contribution in [1.82, 2.24) is 25.1 Å². The summed E-state index contributed by atoms with van der Waals surface area (Å²) in [5.41, 5.74) is 0. The first-order valence-corrected chi connectivity index (χ1v) is 10.9. The summed E-state index contributed by atoms with van der Waals surface area (Å²) < 4.78 is 5.62. The van der Waals surface area contributed by atoms with E-state index in [0.29, 0.717) is 31.0 Å². The van der Waals surface area contributed by atoms with Crippen LogP contribution in [0.1, 0.15) is 44.9 Å². The van der Waals surface area contributed by atoms with Gasteiger partial charge in [-0.15, -0.1) is 0 Å². The lowest BCUT2D eigenvalue weighted by Gasteiger charge is -2.34. The van der Waals surface area contributed by atoms with E-state index in [4.69, 9.17) is 4.74 Å². The van der Waals surface area contributed by atoms with Crippen molar-refractivity contribution >= 4 is 11.9 Å². The van der Waals surface area contributed by atoms with E-state index in [1.165, 1.54) is 12.8 Å². The molecule has 0 aromatic carbocycles. The number of aromatic nitrogens is 2. The van der Waals surface area contributed by atoms with Crippen LogP contribution in [-0.4, -0.2) is 70.5 Å². The molecule has 2 saturated heterocycles. The van der Waals surface area contributed by atoms with Gasteiger partial charge in [-0.2, -0.15) is 0 Å². The van der Waals surface area contributed by atoms with Gasteiger partial charge in [0.25, 0.3) is 0 Å². The summed E-state index contributed by atoms with van der Waals surface area (Å²) in [6.07, 6.45) is 10.4. The summed E-state index contributed by atoms with van der Waals surface area (Å²) in [5.74, 6) is 0.851. The van der Waals surface area contributed by atoms with Crippen molar-refractivity contribution < 1.29 is 14.3 Å². The molecule has 0 spiro atoms. The molecule has 8 heteroatoms. The maximum atomic E-state index is 12.4. The average molecular weight is 402 g/mol. The zero-order valence-electron chi connectivity index (χ0n) is 17.0. The Bertz CT molecular complexity index is 687. The summed E-state index contributed by atoms with van der Waals surface area (Å²) in [7, 11) is 0. The second-order valence-electron chi connectivity index (χ2n) is 8.57. The lowest BCUT2D eigenvalue weighted by molar-refractivity contribution is -0.128. The molecule has 4 rings (SSSR count). The van der Waals surface area contributed by atoms with E-state index in [1.54, 1.807) is 18.5 Å². The molecule has 29 heavy (non-hydrogen) atoms. The Balaban J connectivity index is 1.17. The zero-order valence-corrected chi connectivity index (χ0v) is 17.0. The van der Waals surface area contributed by atoms with Crippen LogP contribution in [0.3, 0.4) is 0 Å². The lowest BCUT2D eigenvalue weighted by Crippen LogP contribution is -2.48. The molecule has 3 heterocycles. The highest BCUT2D eigenvalue weighted by atomic mass is 16.5. The van der Waals surface area contributed by atoms with Crippen molar-refractivity contribution in [2.24, 2.45) is 11.8 Å². The highest BCUT2D eigenvalue weighted by molar-refractivity contribution is 5.78. The van der Waals surface area contributed by atoms with Gasteiger partial charge in [-0.1, -0.05) is 12.8 Å². The van der Waals surface area contributed by atoms with Crippen molar-refractivity contribution in [2.75, 3.05) is 32.8 Å². The van der Waals surface area contributed by atoms with Crippen LogP contribution < -0.4 is 10.1 Å². The van der Waals surface area contributed by atoms with E-state index in [1.807, 2.05) is 9.80 Å². The van der Waals surface area contributed by atoms with E-state index < -0.39 is 0 Å². The van der Waals surface area contributed by atoms with Gasteiger partial charge in [0, 0.05) is 57.0 Å². The normalized spacial score (nSPS) is 23.6. The molecule has 0 radical (unpaired) electrons. The number of amides is 3. The molecule has 1 aromatic heterocycles. The van der Waals surface area contributed by atoms with Gasteiger partial charge in [-0.25, -0.2) is 14.8 Å². The Morgan fingerprint density at radius 1 is 1.10 bits per heavy atom. The number of nitrogens with zero attached hydrogens (tertiary/aromatic N) is 4.